The summed E-state index contributed by atoms with van der Waals surface area (Å²) in [6.07, 6.45) is 4.99. The molecule has 1 aromatic heterocycles. The lowest BCUT2D eigenvalue weighted by Crippen LogP contribution is -2.21. The smallest absolute Gasteiger partial charge is 0.319 e. The van der Waals surface area contributed by atoms with Gasteiger partial charge in [0.1, 0.15) is 5.69 Å². The van der Waals surface area contributed by atoms with Crippen LogP contribution in [-0.4, -0.2) is 16.5 Å². The summed E-state index contributed by atoms with van der Waals surface area (Å²) in [5.74, 6) is 1.38. The third-order valence-electron chi connectivity index (χ3n) is 4.28. The number of nitrogens with one attached hydrogen (secondary N) is 1. The second-order valence-electron chi connectivity index (χ2n) is 5.94. The first kappa shape index (κ1) is 14.3. The second-order valence-corrected chi connectivity index (χ2v) is 6.82. The highest BCUT2D eigenvalue weighted by molar-refractivity contribution is 7.16. The first-order valence-corrected chi connectivity index (χ1v) is 8.27. The number of aromatic nitrogens is 1. The molecule has 1 N–H and O–H groups in total. The van der Waals surface area contributed by atoms with Crippen LogP contribution in [0.3, 0.4) is 0 Å². The van der Waals surface area contributed by atoms with E-state index >= 15 is 0 Å². The van der Waals surface area contributed by atoms with Gasteiger partial charge in [0.05, 0.1) is 15.1 Å². The quantitative estimate of drug-likeness (QED) is 0.669. The Labute approximate surface area is 127 Å². The Kier molecular flexibility index (Phi) is 4.05. The van der Waals surface area contributed by atoms with Crippen molar-refractivity contribution in [2.75, 3.05) is 11.9 Å². The molecule has 0 saturated heterocycles. The summed E-state index contributed by atoms with van der Waals surface area (Å²) < 4.78 is 0.860. The van der Waals surface area contributed by atoms with Gasteiger partial charge in [-0.25, -0.2) is 4.98 Å². The summed E-state index contributed by atoms with van der Waals surface area (Å²) in [5.41, 5.74) is 2.85. The van der Waals surface area contributed by atoms with Crippen LogP contribution in [0, 0.1) is 22.0 Å². The number of rotatable bonds is 4. The summed E-state index contributed by atoms with van der Waals surface area (Å²) in [5, 5.41) is 14.7. The van der Waals surface area contributed by atoms with E-state index in [4.69, 9.17) is 0 Å². The van der Waals surface area contributed by atoms with Crippen molar-refractivity contribution in [3.8, 4) is 0 Å². The molecule has 1 saturated carbocycles. The third-order valence-corrected chi connectivity index (χ3v) is 5.08. The Morgan fingerprint density at radius 1 is 1.48 bits per heavy atom. The SMILES string of the molecule is CC1CCCC(CNc2ccc3scnc3c2[N+](=O)[O-])C1. The zero-order valence-corrected chi connectivity index (χ0v) is 12.9. The van der Waals surface area contributed by atoms with Crippen LogP contribution in [0.4, 0.5) is 11.4 Å². The van der Waals surface area contributed by atoms with Gasteiger partial charge in [0.25, 0.3) is 0 Å². The average Bonchev–Trinajstić information content (AvgIpc) is 2.92. The van der Waals surface area contributed by atoms with E-state index in [-0.39, 0.29) is 10.6 Å². The van der Waals surface area contributed by atoms with Crippen molar-refractivity contribution in [2.45, 2.75) is 32.6 Å². The highest BCUT2D eigenvalue weighted by atomic mass is 32.1. The molecule has 0 radical (unpaired) electrons. The van der Waals surface area contributed by atoms with E-state index in [1.165, 1.54) is 37.0 Å². The molecule has 2 aromatic rings. The van der Waals surface area contributed by atoms with Gasteiger partial charge in [-0.2, -0.15) is 0 Å². The lowest BCUT2D eigenvalue weighted by atomic mass is 9.82. The van der Waals surface area contributed by atoms with Crippen LogP contribution in [0.15, 0.2) is 17.6 Å². The molecule has 3 rings (SSSR count). The summed E-state index contributed by atoms with van der Waals surface area (Å²) >= 11 is 1.43. The van der Waals surface area contributed by atoms with Gasteiger partial charge < -0.3 is 5.32 Å². The molecule has 5 nitrogen and oxygen atoms in total. The highest BCUT2D eigenvalue weighted by Gasteiger charge is 2.23. The fraction of sp³-hybridized carbons (Fsp3) is 0.533. The Morgan fingerprint density at radius 3 is 3.10 bits per heavy atom. The topological polar surface area (TPSA) is 68.1 Å². The number of benzene rings is 1. The molecule has 1 fully saturated rings. The average molecular weight is 305 g/mol. The van der Waals surface area contributed by atoms with Gasteiger partial charge in [0, 0.05) is 6.54 Å². The molecular formula is C15H19N3O2S. The van der Waals surface area contributed by atoms with Crippen LogP contribution >= 0.6 is 11.3 Å². The molecule has 1 heterocycles. The van der Waals surface area contributed by atoms with Crippen LogP contribution < -0.4 is 5.32 Å². The summed E-state index contributed by atoms with van der Waals surface area (Å²) in [6.45, 7) is 3.09. The Hall–Kier alpha value is -1.69. The molecule has 1 aromatic carbocycles. The lowest BCUT2D eigenvalue weighted by molar-refractivity contribution is -0.382. The Balaban J connectivity index is 1.80. The third kappa shape index (κ3) is 3.00. The second kappa shape index (κ2) is 5.97. The van der Waals surface area contributed by atoms with Crippen molar-refractivity contribution < 1.29 is 4.92 Å². The minimum atomic E-state index is -0.326. The van der Waals surface area contributed by atoms with Gasteiger partial charge >= 0.3 is 5.69 Å². The van der Waals surface area contributed by atoms with Crippen molar-refractivity contribution >= 4 is 32.9 Å². The van der Waals surface area contributed by atoms with Gasteiger partial charge in [0.15, 0.2) is 5.52 Å². The van der Waals surface area contributed by atoms with E-state index in [0.29, 0.717) is 17.1 Å². The first-order chi connectivity index (χ1) is 10.1. The fourth-order valence-corrected chi connectivity index (χ4v) is 3.92. The number of nitro benzene ring substituents is 1. The van der Waals surface area contributed by atoms with Gasteiger partial charge in [0.2, 0.25) is 0 Å². The van der Waals surface area contributed by atoms with Gasteiger partial charge in [-0.3, -0.25) is 10.1 Å². The van der Waals surface area contributed by atoms with Crippen molar-refractivity contribution in [1.29, 1.82) is 0 Å². The summed E-state index contributed by atoms with van der Waals surface area (Å²) in [4.78, 5) is 15.2. The van der Waals surface area contributed by atoms with E-state index in [1.807, 2.05) is 12.1 Å². The molecule has 0 aliphatic heterocycles. The number of anilines is 1. The molecule has 6 heteroatoms. The molecule has 0 spiro atoms. The number of hydrogen-bond donors (Lipinski definition) is 1. The molecule has 2 atom stereocenters. The predicted molar refractivity (Wildman–Crippen MR) is 85.9 cm³/mol. The highest BCUT2D eigenvalue weighted by Crippen LogP contribution is 2.35. The number of nitro groups is 1. The fourth-order valence-electron chi connectivity index (χ4n) is 3.24. The normalized spacial score (nSPS) is 22.3. The maximum Gasteiger partial charge on any atom is 0.319 e. The number of thiazole rings is 1. The maximum atomic E-state index is 11.4. The lowest BCUT2D eigenvalue weighted by Gasteiger charge is -2.27. The summed E-state index contributed by atoms with van der Waals surface area (Å²) in [6, 6.07) is 3.72. The number of hydrogen-bond acceptors (Lipinski definition) is 5. The first-order valence-electron chi connectivity index (χ1n) is 7.39. The van der Waals surface area contributed by atoms with Crippen LogP contribution in [0.2, 0.25) is 0 Å². The van der Waals surface area contributed by atoms with E-state index in [1.54, 1.807) is 5.51 Å². The van der Waals surface area contributed by atoms with Crippen molar-refractivity contribution in [3.63, 3.8) is 0 Å². The van der Waals surface area contributed by atoms with Crippen molar-refractivity contribution in [1.82, 2.24) is 4.98 Å². The Morgan fingerprint density at radius 2 is 2.33 bits per heavy atom. The molecule has 0 bridgehead atoms. The van der Waals surface area contributed by atoms with E-state index in [0.717, 1.165) is 17.2 Å². The van der Waals surface area contributed by atoms with Gasteiger partial charge in [-0.05, 0) is 36.8 Å². The molecule has 1 aliphatic rings. The van der Waals surface area contributed by atoms with Crippen molar-refractivity contribution in [3.05, 3.63) is 27.8 Å². The number of fused-ring (bicyclic) bond motifs is 1. The summed E-state index contributed by atoms with van der Waals surface area (Å²) in [7, 11) is 0. The zero-order valence-electron chi connectivity index (χ0n) is 12.0. The van der Waals surface area contributed by atoms with Crippen LogP contribution in [0.5, 0.6) is 0 Å². The van der Waals surface area contributed by atoms with Crippen molar-refractivity contribution in [2.24, 2.45) is 11.8 Å². The number of nitrogens with zero attached hydrogens (tertiary/aromatic N) is 2. The van der Waals surface area contributed by atoms with Gasteiger partial charge in [-0.15, -0.1) is 11.3 Å². The molecule has 112 valence electrons. The van der Waals surface area contributed by atoms with Crippen LogP contribution in [-0.2, 0) is 0 Å². The van der Waals surface area contributed by atoms with E-state index < -0.39 is 0 Å². The minimum absolute atomic E-state index is 0.109. The maximum absolute atomic E-state index is 11.4. The zero-order chi connectivity index (χ0) is 14.8. The predicted octanol–water partition coefficient (Wildman–Crippen LogP) is 4.44. The Bertz CT molecular complexity index is 655. The van der Waals surface area contributed by atoms with Gasteiger partial charge in [-0.1, -0.05) is 19.8 Å². The minimum Gasteiger partial charge on any atom is -0.379 e. The molecule has 0 amide bonds. The molecule has 1 aliphatic carbocycles. The molecule has 21 heavy (non-hydrogen) atoms. The van der Waals surface area contributed by atoms with E-state index in [2.05, 4.69) is 17.2 Å². The molecular weight excluding hydrogens is 286 g/mol. The van der Waals surface area contributed by atoms with Crippen LogP contribution in [0.25, 0.3) is 10.2 Å². The monoisotopic (exact) mass is 305 g/mol. The largest absolute Gasteiger partial charge is 0.379 e. The van der Waals surface area contributed by atoms with Crippen LogP contribution in [0.1, 0.15) is 32.6 Å². The standard InChI is InChI=1S/C15H19N3O2S/c1-10-3-2-4-11(7-10)8-16-12-5-6-13-14(17-9-21-13)15(12)18(19)20/h5-6,9-11,16H,2-4,7-8H2,1H3. The molecule has 2 unspecified atom stereocenters. The van der Waals surface area contributed by atoms with E-state index in [9.17, 15) is 10.1 Å².